The summed E-state index contributed by atoms with van der Waals surface area (Å²) in [6.45, 7) is 2.03. The van der Waals surface area contributed by atoms with E-state index in [9.17, 15) is 9.90 Å². The molecule has 2 aromatic rings. The van der Waals surface area contributed by atoms with Gasteiger partial charge in [0.05, 0.1) is 11.6 Å². The van der Waals surface area contributed by atoms with E-state index in [1.807, 2.05) is 37.5 Å². The zero-order chi connectivity index (χ0) is 16.0. The summed E-state index contributed by atoms with van der Waals surface area (Å²) in [5, 5.41) is 13.2. The summed E-state index contributed by atoms with van der Waals surface area (Å²) >= 11 is 0. The Balaban J connectivity index is 1.89. The van der Waals surface area contributed by atoms with E-state index in [0.29, 0.717) is 11.5 Å². The van der Waals surface area contributed by atoms with Crippen molar-refractivity contribution in [1.29, 1.82) is 0 Å². The Hall–Kier alpha value is -2.62. The Bertz CT molecular complexity index is 799. The normalized spacial score (nSPS) is 24.7. The van der Waals surface area contributed by atoms with Crippen molar-refractivity contribution >= 4 is 11.7 Å². The van der Waals surface area contributed by atoms with E-state index in [0.717, 1.165) is 23.2 Å². The minimum Gasteiger partial charge on any atom is -0.478 e. The third kappa shape index (κ3) is 2.13. The second-order valence-electron chi connectivity index (χ2n) is 6.28. The number of carboxylic acids is 1. The number of anilines is 1. The summed E-state index contributed by atoms with van der Waals surface area (Å²) in [7, 11) is 0. The minimum atomic E-state index is -0.857. The van der Waals surface area contributed by atoms with E-state index in [1.165, 1.54) is 5.56 Å². The van der Waals surface area contributed by atoms with Crippen LogP contribution in [0.5, 0.6) is 0 Å². The van der Waals surface area contributed by atoms with Crippen LogP contribution in [-0.2, 0) is 0 Å². The van der Waals surface area contributed by atoms with Crippen molar-refractivity contribution in [2.24, 2.45) is 5.92 Å². The summed E-state index contributed by atoms with van der Waals surface area (Å²) < 4.78 is 0. The Morgan fingerprint density at radius 1 is 1.26 bits per heavy atom. The Morgan fingerprint density at radius 2 is 2.04 bits per heavy atom. The molecule has 1 aliphatic heterocycles. The highest BCUT2D eigenvalue weighted by atomic mass is 16.4. The van der Waals surface area contributed by atoms with Gasteiger partial charge >= 0.3 is 5.97 Å². The molecule has 0 spiro atoms. The van der Waals surface area contributed by atoms with Gasteiger partial charge in [0.15, 0.2) is 0 Å². The van der Waals surface area contributed by atoms with E-state index in [-0.39, 0.29) is 12.0 Å². The van der Waals surface area contributed by atoms with Crippen LogP contribution in [0, 0.1) is 12.8 Å². The Labute approximate surface area is 134 Å². The van der Waals surface area contributed by atoms with Gasteiger partial charge in [-0.3, -0.25) is 4.98 Å². The quantitative estimate of drug-likeness (QED) is 0.826. The van der Waals surface area contributed by atoms with Crippen LogP contribution in [0.2, 0.25) is 0 Å². The summed E-state index contributed by atoms with van der Waals surface area (Å²) in [6.07, 6.45) is 8.92. The number of pyridine rings is 1. The number of carbonyl (C=O) groups is 1. The van der Waals surface area contributed by atoms with Gasteiger partial charge in [-0.1, -0.05) is 18.2 Å². The number of hydrogen-bond acceptors (Lipinski definition) is 3. The SMILES string of the molecule is Cc1ccc(C(=O)O)c2c1N[C@H](c1ccncc1)[C@H]1CC=C[C@@H]21. The lowest BCUT2D eigenvalue weighted by atomic mass is 9.75. The van der Waals surface area contributed by atoms with E-state index in [2.05, 4.69) is 22.5 Å². The van der Waals surface area contributed by atoms with Gasteiger partial charge in [0.1, 0.15) is 0 Å². The van der Waals surface area contributed by atoms with Gasteiger partial charge in [-0.15, -0.1) is 0 Å². The van der Waals surface area contributed by atoms with Crippen LogP contribution >= 0.6 is 0 Å². The first-order valence-electron chi connectivity index (χ1n) is 7.86. The van der Waals surface area contributed by atoms with Crippen molar-refractivity contribution in [2.75, 3.05) is 5.32 Å². The Kier molecular flexibility index (Phi) is 3.18. The molecule has 0 amide bonds. The van der Waals surface area contributed by atoms with Gasteiger partial charge in [-0.25, -0.2) is 4.79 Å². The number of allylic oxidation sites excluding steroid dienone is 2. The highest BCUT2D eigenvalue weighted by Crippen LogP contribution is 2.51. The molecule has 0 unspecified atom stereocenters. The molecule has 23 heavy (non-hydrogen) atoms. The topological polar surface area (TPSA) is 62.2 Å². The second-order valence-corrected chi connectivity index (χ2v) is 6.28. The lowest BCUT2D eigenvalue weighted by Gasteiger charge is -2.39. The molecule has 1 aliphatic carbocycles. The van der Waals surface area contributed by atoms with Crippen LogP contribution in [0.3, 0.4) is 0 Å². The lowest BCUT2D eigenvalue weighted by molar-refractivity contribution is 0.0695. The fourth-order valence-electron chi connectivity index (χ4n) is 3.94. The first-order valence-corrected chi connectivity index (χ1v) is 7.86. The number of benzene rings is 1. The van der Waals surface area contributed by atoms with Crippen molar-refractivity contribution < 1.29 is 9.90 Å². The average Bonchev–Trinajstić information content (AvgIpc) is 3.05. The van der Waals surface area contributed by atoms with Gasteiger partial charge in [0.25, 0.3) is 0 Å². The molecule has 0 saturated carbocycles. The largest absolute Gasteiger partial charge is 0.478 e. The van der Waals surface area contributed by atoms with E-state index < -0.39 is 5.97 Å². The molecule has 0 saturated heterocycles. The minimum absolute atomic E-state index is 0.149. The molecular formula is C19H18N2O2. The third-order valence-electron chi connectivity index (χ3n) is 5.02. The summed E-state index contributed by atoms with van der Waals surface area (Å²) in [4.78, 5) is 15.8. The predicted molar refractivity (Wildman–Crippen MR) is 88.7 cm³/mol. The number of fused-ring (bicyclic) bond motifs is 3. The molecule has 116 valence electrons. The van der Waals surface area contributed by atoms with E-state index in [1.54, 1.807) is 6.07 Å². The molecular weight excluding hydrogens is 288 g/mol. The predicted octanol–water partition coefficient (Wildman–Crippen LogP) is 3.91. The second kappa shape index (κ2) is 5.23. The van der Waals surface area contributed by atoms with Crippen molar-refractivity contribution in [3.8, 4) is 0 Å². The van der Waals surface area contributed by atoms with Gasteiger partial charge in [-0.2, -0.15) is 0 Å². The molecule has 0 fully saturated rings. The number of aromatic nitrogens is 1. The molecule has 1 aromatic heterocycles. The third-order valence-corrected chi connectivity index (χ3v) is 5.02. The first-order chi connectivity index (χ1) is 11.2. The van der Waals surface area contributed by atoms with Gasteiger partial charge in [-0.05, 0) is 54.2 Å². The van der Waals surface area contributed by atoms with Crippen LogP contribution in [0.15, 0.2) is 48.8 Å². The number of nitrogens with one attached hydrogen (secondary N) is 1. The van der Waals surface area contributed by atoms with Crippen LogP contribution in [0.25, 0.3) is 0 Å². The fourth-order valence-corrected chi connectivity index (χ4v) is 3.94. The highest BCUT2D eigenvalue weighted by Gasteiger charge is 2.40. The molecule has 4 heteroatoms. The zero-order valence-electron chi connectivity index (χ0n) is 12.9. The number of hydrogen-bond donors (Lipinski definition) is 2. The summed E-state index contributed by atoms with van der Waals surface area (Å²) in [6, 6.07) is 7.86. The van der Waals surface area contributed by atoms with Crippen molar-refractivity contribution in [1.82, 2.24) is 4.98 Å². The monoisotopic (exact) mass is 306 g/mol. The van der Waals surface area contributed by atoms with Crippen LogP contribution in [0.1, 0.15) is 45.4 Å². The number of aromatic carboxylic acids is 1. The van der Waals surface area contributed by atoms with Gasteiger partial charge in [0, 0.05) is 24.0 Å². The zero-order valence-corrected chi connectivity index (χ0v) is 12.9. The molecule has 2 N–H and O–H groups in total. The van der Waals surface area contributed by atoms with Crippen LogP contribution in [0.4, 0.5) is 5.69 Å². The molecule has 3 atom stereocenters. The van der Waals surface area contributed by atoms with Crippen molar-refractivity contribution in [2.45, 2.75) is 25.3 Å². The number of nitrogens with zero attached hydrogens (tertiary/aromatic N) is 1. The molecule has 1 aromatic carbocycles. The fraction of sp³-hybridized carbons (Fsp3) is 0.263. The van der Waals surface area contributed by atoms with Crippen LogP contribution < -0.4 is 5.32 Å². The smallest absolute Gasteiger partial charge is 0.336 e. The molecule has 0 radical (unpaired) electrons. The average molecular weight is 306 g/mol. The van der Waals surface area contributed by atoms with Gasteiger partial charge < -0.3 is 10.4 Å². The van der Waals surface area contributed by atoms with Crippen molar-refractivity contribution in [3.63, 3.8) is 0 Å². The Morgan fingerprint density at radius 3 is 2.78 bits per heavy atom. The number of carboxylic acid groups (broad SMARTS) is 1. The summed E-state index contributed by atoms with van der Waals surface area (Å²) in [5.74, 6) is -0.371. The molecule has 2 heterocycles. The number of aryl methyl sites for hydroxylation is 1. The molecule has 0 bridgehead atoms. The number of rotatable bonds is 2. The maximum Gasteiger partial charge on any atom is 0.336 e. The maximum absolute atomic E-state index is 11.7. The molecule has 2 aliphatic rings. The van der Waals surface area contributed by atoms with E-state index in [4.69, 9.17) is 0 Å². The molecule has 4 rings (SSSR count). The van der Waals surface area contributed by atoms with Crippen molar-refractivity contribution in [3.05, 3.63) is 71.1 Å². The lowest BCUT2D eigenvalue weighted by Crippen LogP contribution is -2.31. The highest BCUT2D eigenvalue weighted by molar-refractivity contribution is 5.93. The molecule has 4 nitrogen and oxygen atoms in total. The van der Waals surface area contributed by atoms with Crippen LogP contribution in [-0.4, -0.2) is 16.1 Å². The van der Waals surface area contributed by atoms with E-state index >= 15 is 0 Å². The van der Waals surface area contributed by atoms with Gasteiger partial charge in [0.2, 0.25) is 0 Å². The standard InChI is InChI=1S/C19H18N2O2/c1-11-5-6-15(19(22)23)16-13-3-2-4-14(13)18(21-17(11)16)12-7-9-20-10-8-12/h2-3,5-10,13-14,18,21H,4H2,1H3,(H,22,23)/t13-,14+,18-/m1/s1. The first kappa shape index (κ1) is 14.0. The summed E-state index contributed by atoms with van der Waals surface area (Å²) in [5.41, 5.74) is 4.60. The maximum atomic E-state index is 11.7.